The number of benzene rings is 2. The first-order valence-corrected chi connectivity index (χ1v) is 18.3. The van der Waals surface area contributed by atoms with Crippen LogP contribution in [0.1, 0.15) is 44.7 Å². The summed E-state index contributed by atoms with van der Waals surface area (Å²) in [7, 11) is 1.56. The topological polar surface area (TPSA) is 147 Å². The Hall–Kier alpha value is -5.01. The molecular weight excluding hydrogens is 731 g/mol. The summed E-state index contributed by atoms with van der Waals surface area (Å²) in [5.74, 6) is 0.383. The van der Waals surface area contributed by atoms with Crippen molar-refractivity contribution in [3.63, 3.8) is 0 Å². The summed E-state index contributed by atoms with van der Waals surface area (Å²) in [6.07, 6.45) is 3.49. The Morgan fingerprint density at radius 2 is 1.72 bits per heavy atom. The van der Waals surface area contributed by atoms with E-state index in [0.29, 0.717) is 81.0 Å². The van der Waals surface area contributed by atoms with Gasteiger partial charge in [0.05, 0.1) is 41.6 Å². The zero-order chi connectivity index (χ0) is 38.6. The van der Waals surface area contributed by atoms with Gasteiger partial charge in [-0.05, 0) is 51.0 Å². The molecule has 0 saturated carbocycles. The van der Waals surface area contributed by atoms with Crippen molar-refractivity contribution < 1.29 is 24.2 Å². The molecule has 1 atom stereocenters. The fourth-order valence-electron chi connectivity index (χ4n) is 6.34. The monoisotopic (exact) mass is 772 g/mol. The second-order valence-corrected chi connectivity index (χ2v) is 14.8. The summed E-state index contributed by atoms with van der Waals surface area (Å²) in [5.41, 5.74) is 4.65. The molecule has 282 valence electrons. The van der Waals surface area contributed by atoms with E-state index in [0.717, 1.165) is 11.1 Å². The van der Waals surface area contributed by atoms with Crippen molar-refractivity contribution in [2.75, 3.05) is 26.8 Å². The average Bonchev–Trinajstić information content (AvgIpc) is 3.56. The van der Waals surface area contributed by atoms with Crippen LogP contribution in [0.2, 0.25) is 10.0 Å². The number of nitrogens with zero attached hydrogens (tertiary/aromatic N) is 4. The van der Waals surface area contributed by atoms with E-state index >= 15 is 0 Å². The molecule has 12 nitrogen and oxygen atoms in total. The Morgan fingerprint density at radius 1 is 1.02 bits per heavy atom. The molecule has 1 aliphatic heterocycles. The SMILES string of the molecule is COc1nc(-c2cccc(-c3cccc(-c4ccn5c(=O)c(CN(C[C@@H]6CCC(=O)N6)C(=O)OC(C)(C)C)cnc5c4)c3Cl)c2Cl)ccc1CNCCO. The molecule has 1 saturated heterocycles. The number of methoxy groups -OCH3 is 1. The van der Waals surface area contributed by atoms with Gasteiger partial charge in [0, 0.05) is 72.3 Å². The Balaban J connectivity index is 1.29. The molecule has 3 N–H and O–H groups in total. The number of aliphatic hydroxyl groups excluding tert-OH is 1. The smallest absolute Gasteiger partial charge is 0.410 e. The second kappa shape index (κ2) is 16.6. The third-order valence-electron chi connectivity index (χ3n) is 8.93. The van der Waals surface area contributed by atoms with Crippen molar-refractivity contribution in [2.45, 2.75) is 58.3 Å². The highest BCUT2D eigenvalue weighted by Crippen LogP contribution is 2.42. The Bertz CT molecular complexity index is 2260. The number of fused-ring (bicyclic) bond motifs is 1. The number of aromatic nitrogens is 3. The van der Waals surface area contributed by atoms with E-state index in [9.17, 15) is 14.4 Å². The molecule has 6 rings (SSSR count). The van der Waals surface area contributed by atoms with Crippen LogP contribution in [0.3, 0.4) is 0 Å². The number of hydrogen-bond acceptors (Lipinski definition) is 9. The van der Waals surface area contributed by atoms with Crippen molar-refractivity contribution in [1.29, 1.82) is 0 Å². The number of pyridine rings is 2. The number of carbonyl (C=O) groups excluding carboxylic acids is 2. The number of ether oxygens (including phenoxy) is 2. The summed E-state index contributed by atoms with van der Waals surface area (Å²) in [4.78, 5) is 49.5. The minimum absolute atomic E-state index is 0.0289. The Labute approximate surface area is 323 Å². The zero-order valence-electron chi connectivity index (χ0n) is 30.5. The van der Waals surface area contributed by atoms with Crippen LogP contribution in [0.15, 0.2) is 77.9 Å². The first-order valence-electron chi connectivity index (χ1n) is 17.6. The average molecular weight is 774 g/mol. The van der Waals surface area contributed by atoms with Gasteiger partial charge in [0.1, 0.15) is 11.2 Å². The maximum absolute atomic E-state index is 13.7. The highest BCUT2D eigenvalue weighted by molar-refractivity contribution is 6.39. The van der Waals surface area contributed by atoms with Crippen LogP contribution in [0, 0.1) is 0 Å². The van der Waals surface area contributed by atoms with Gasteiger partial charge in [0.15, 0.2) is 0 Å². The lowest BCUT2D eigenvalue weighted by Gasteiger charge is -2.29. The van der Waals surface area contributed by atoms with Gasteiger partial charge in [0.25, 0.3) is 5.56 Å². The lowest BCUT2D eigenvalue weighted by molar-refractivity contribution is -0.119. The van der Waals surface area contributed by atoms with Crippen LogP contribution in [-0.2, 0) is 22.6 Å². The molecule has 2 amide bonds. The predicted octanol–water partition coefficient (Wildman–Crippen LogP) is 6.50. The van der Waals surface area contributed by atoms with Gasteiger partial charge < -0.3 is 30.1 Å². The van der Waals surface area contributed by atoms with Crippen LogP contribution >= 0.6 is 23.2 Å². The number of hydrogen-bond donors (Lipinski definition) is 3. The van der Waals surface area contributed by atoms with Crippen LogP contribution < -0.4 is 20.9 Å². The van der Waals surface area contributed by atoms with Gasteiger partial charge in [-0.2, -0.15) is 0 Å². The standard InChI is InChI=1S/C40H42Cl2N6O6/c1-40(2,3)54-39(52)47(23-27-12-14-34(50)45-27)22-26-21-44-33-19-24(15-17-48(33)38(26)51)28-7-5-8-29(35(28)41)30-9-6-10-31(36(30)42)32-13-11-25(20-43-16-18-49)37(46-32)53-4/h5-11,13,15,17,19,21,27,43,49H,12,14,16,18,20,22-23H2,1-4H3,(H,45,50)/t27-/m0/s1. The zero-order valence-corrected chi connectivity index (χ0v) is 32.0. The van der Waals surface area contributed by atoms with Crippen LogP contribution in [-0.4, -0.2) is 74.8 Å². The molecule has 4 heterocycles. The largest absolute Gasteiger partial charge is 0.481 e. The summed E-state index contributed by atoms with van der Waals surface area (Å²) in [5, 5.41) is 16.0. The van der Waals surface area contributed by atoms with Crippen molar-refractivity contribution in [2.24, 2.45) is 0 Å². The van der Waals surface area contributed by atoms with Gasteiger partial charge in [-0.1, -0.05) is 65.7 Å². The minimum atomic E-state index is -0.745. The molecule has 5 aromatic rings. The van der Waals surface area contributed by atoms with Crippen molar-refractivity contribution in [3.05, 3.63) is 105 Å². The highest BCUT2D eigenvalue weighted by Gasteiger charge is 2.29. The molecule has 0 unspecified atom stereocenters. The molecule has 1 aliphatic rings. The molecule has 0 bridgehead atoms. The maximum Gasteiger partial charge on any atom is 0.410 e. The molecule has 2 aromatic carbocycles. The molecular formula is C40H42Cl2N6O6. The summed E-state index contributed by atoms with van der Waals surface area (Å²) >= 11 is 14.2. The van der Waals surface area contributed by atoms with Crippen LogP contribution in [0.25, 0.3) is 39.2 Å². The maximum atomic E-state index is 13.7. The first kappa shape index (κ1) is 38.7. The minimum Gasteiger partial charge on any atom is -0.481 e. The van der Waals surface area contributed by atoms with Gasteiger partial charge in [-0.25, -0.2) is 14.8 Å². The summed E-state index contributed by atoms with van der Waals surface area (Å²) in [6, 6.07) is 18.5. The molecule has 54 heavy (non-hydrogen) atoms. The molecule has 14 heteroatoms. The third kappa shape index (κ3) is 8.68. The van der Waals surface area contributed by atoms with Crippen molar-refractivity contribution in [3.8, 4) is 39.4 Å². The van der Waals surface area contributed by atoms with Crippen molar-refractivity contribution in [1.82, 2.24) is 29.9 Å². The molecule has 0 radical (unpaired) electrons. The number of carbonyl (C=O) groups is 2. The molecule has 0 spiro atoms. The van der Waals surface area contributed by atoms with E-state index < -0.39 is 11.7 Å². The first-order chi connectivity index (χ1) is 25.9. The van der Waals surface area contributed by atoms with E-state index in [2.05, 4.69) is 15.6 Å². The number of amides is 2. The van der Waals surface area contributed by atoms with Gasteiger partial charge in [-0.3, -0.25) is 14.0 Å². The number of rotatable bonds is 12. The van der Waals surface area contributed by atoms with E-state index in [1.807, 2.05) is 48.5 Å². The fraction of sp³-hybridized carbons (Fsp3) is 0.325. The van der Waals surface area contributed by atoms with Crippen LogP contribution in [0.5, 0.6) is 5.88 Å². The number of nitrogens with one attached hydrogen (secondary N) is 2. The van der Waals surface area contributed by atoms with Gasteiger partial charge in [-0.15, -0.1) is 0 Å². The lowest BCUT2D eigenvalue weighted by atomic mass is 9.97. The predicted molar refractivity (Wildman–Crippen MR) is 209 cm³/mol. The molecule has 1 fully saturated rings. The summed E-state index contributed by atoms with van der Waals surface area (Å²) in [6.45, 7) is 6.44. The Morgan fingerprint density at radius 3 is 2.39 bits per heavy atom. The number of halogens is 2. The second-order valence-electron chi connectivity index (χ2n) is 14.0. The van der Waals surface area contributed by atoms with Crippen molar-refractivity contribution >= 4 is 40.8 Å². The molecule has 0 aliphatic carbocycles. The van der Waals surface area contributed by atoms with E-state index in [1.165, 1.54) is 15.5 Å². The normalized spacial score (nSPS) is 14.3. The lowest BCUT2D eigenvalue weighted by Crippen LogP contribution is -2.44. The van der Waals surface area contributed by atoms with E-state index in [1.54, 1.807) is 46.2 Å². The van der Waals surface area contributed by atoms with Gasteiger partial charge >= 0.3 is 6.09 Å². The quantitative estimate of drug-likeness (QED) is 0.121. The van der Waals surface area contributed by atoms with Crippen LogP contribution in [0.4, 0.5) is 4.79 Å². The van der Waals surface area contributed by atoms with Gasteiger partial charge in [0.2, 0.25) is 11.8 Å². The molecule has 3 aromatic heterocycles. The van der Waals surface area contributed by atoms with E-state index in [-0.39, 0.29) is 37.2 Å². The third-order valence-corrected chi connectivity index (χ3v) is 9.74. The highest BCUT2D eigenvalue weighted by atomic mass is 35.5. The van der Waals surface area contributed by atoms with E-state index in [4.69, 9.17) is 42.8 Å². The fourth-order valence-corrected chi connectivity index (χ4v) is 7.00. The summed E-state index contributed by atoms with van der Waals surface area (Å²) < 4.78 is 12.6. The number of aliphatic hydroxyl groups is 1. The Kier molecular flexibility index (Phi) is 11.9.